The summed E-state index contributed by atoms with van der Waals surface area (Å²) in [6.07, 6.45) is 1.64. The molecule has 22 heavy (non-hydrogen) atoms. The number of hydrogen-bond donors (Lipinski definition) is 1. The Kier molecular flexibility index (Phi) is 7.43. The molecule has 0 bridgehead atoms. The van der Waals surface area contributed by atoms with Gasteiger partial charge in [0.2, 0.25) is 5.91 Å². The maximum atomic E-state index is 12.3. The number of carboxylic acid groups (broad SMARTS) is 1. The first-order valence-electron chi connectivity index (χ1n) is 7.70. The highest BCUT2D eigenvalue weighted by Crippen LogP contribution is 2.14. The summed E-state index contributed by atoms with van der Waals surface area (Å²) in [7, 11) is 0. The molecule has 0 aliphatic carbocycles. The maximum absolute atomic E-state index is 12.3. The van der Waals surface area contributed by atoms with Gasteiger partial charge in [0, 0.05) is 12.5 Å². The van der Waals surface area contributed by atoms with Crippen LogP contribution in [0, 0.1) is 0 Å². The molecule has 1 aromatic carbocycles. The predicted molar refractivity (Wildman–Crippen MR) is 85.0 cm³/mol. The quantitative estimate of drug-likeness (QED) is 0.762. The lowest BCUT2D eigenvalue weighted by Gasteiger charge is -2.27. The van der Waals surface area contributed by atoms with Crippen LogP contribution < -0.4 is 4.74 Å². The monoisotopic (exact) mass is 307 g/mol. The number of carboxylic acids is 1. The van der Waals surface area contributed by atoms with Crippen molar-refractivity contribution in [3.63, 3.8) is 0 Å². The number of carbonyl (C=O) groups is 2. The molecule has 0 saturated heterocycles. The molecule has 0 spiro atoms. The minimum absolute atomic E-state index is 0.0658. The Labute approximate surface area is 131 Å². The summed E-state index contributed by atoms with van der Waals surface area (Å²) >= 11 is 0. The van der Waals surface area contributed by atoms with E-state index in [1.54, 1.807) is 0 Å². The summed E-state index contributed by atoms with van der Waals surface area (Å²) in [4.78, 5) is 24.6. The molecule has 0 radical (unpaired) electrons. The lowest BCUT2D eigenvalue weighted by Crippen LogP contribution is -2.41. The zero-order valence-electron chi connectivity index (χ0n) is 13.5. The first-order valence-corrected chi connectivity index (χ1v) is 7.70. The van der Waals surface area contributed by atoms with Gasteiger partial charge in [-0.05, 0) is 44.4 Å². The highest BCUT2D eigenvalue weighted by molar-refractivity contribution is 5.81. The molecular weight excluding hydrogens is 282 g/mol. The van der Waals surface area contributed by atoms with Gasteiger partial charge in [-0.25, -0.2) is 0 Å². The number of benzene rings is 1. The molecule has 5 nitrogen and oxygen atoms in total. The topological polar surface area (TPSA) is 66.8 Å². The van der Waals surface area contributed by atoms with Crippen LogP contribution in [0.15, 0.2) is 24.3 Å². The van der Waals surface area contributed by atoms with Crippen molar-refractivity contribution in [3.8, 4) is 5.75 Å². The van der Waals surface area contributed by atoms with Crippen molar-refractivity contribution in [1.29, 1.82) is 0 Å². The molecule has 0 aromatic heterocycles. The summed E-state index contributed by atoms with van der Waals surface area (Å²) < 4.78 is 5.37. The lowest BCUT2D eigenvalue weighted by atomic mass is 10.1. The Morgan fingerprint density at radius 3 is 2.36 bits per heavy atom. The Balaban J connectivity index is 2.59. The third-order valence-corrected chi connectivity index (χ3v) is 3.61. The van der Waals surface area contributed by atoms with Gasteiger partial charge in [0.15, 0.2) is 0 Å². The second-order valence-electron chi connectivity index (χ2n) is 5.25. The minimum Gasteiger partial charge on any atom is -0.494 e. The Hall–Kier alpha value is -2.04. The van der Waals surface area contributed by atoms with E-state index in [4.69, 9.17) is 9.84 Å². The third-order valence-electron chi connectivity index (χ3n) is 3.61. The molecule has 0 saturated carbocycles. The van der Waals surface area contributed by atoms with Gasteiger partial charge >= 0.3 is 5.97 Å². The van der Waals surface area contributed by atoms with E-state index in [1.165, 1.54) is 4.90 Å². The molecule has 1 amide bonds. The van der Waals surface area contributed by atoms with Gasteiger partial charge in [-0.2, -0.15) is 0 Å². The van der Waals surface area contributed by atoms with E-state index < -0.39 is 5.97 Å². The smallest absolute Gasteiger partial charge is 0.323 e. The van der Waals surface area contributed by atoms with E-state index in [2.05, 4.69) is 0 Å². The number of carbonyl (C=O) groups excluding carboxylic acids is 1. The van der Waals surface area contributed by atoms with Crippen molar-refractivity contribution in [2.24, 2.45) is 0 Å². The average Bonchev–Trinajstić information content (AvgIpc) is 2.51. The van der Waals surface area contributed by atoms with Crippen molar-refractivity contribution in [2.75, 3.05) is 13.2 Å². The van der Waals surface area contributed by atoms with Gasteiger partial charge < -0.3 is 14.7 Å². The molecule has 122 valence electrons. The Morgan fingerprint density at radius 1 is 1.23 bits per heavy atom. The van der Waals surface area contributed by atoms with Gasteiger partial charge in [0.1, 0.15) is 12.3 Å². The number of aryl methyl sites for hydroxylation is 1. The summed E-state index contributed by atoms with van der Waals surface area (Å²) in [5.41, 5.74) is 1.04. The Bertz CT molecular complexity index is 484. The second kappa shape index (κ2) is 9.07. The second-order valence-corrected chi connectivity index (χ2v) is 5.25. The van der Waals surface area contributed by atoms with E-state index in [9.17, 15) is 9.59 Å². The first-order chi connectivity index (χ1) is 10.5. The number of hydrogen-bond acceptors (Lipinski definition) is 3. The largest absolute Gasteiger partial charge is 0.494 e. The normalized spacial score (nSPS) is 11.8. The van der Waals surface area contributed by atoms with E-state index in [1.807, 2.05) is 45.0 Å². The molecule has 0 aliphatic rings. The molecular formula is C17H25NO4. The van der Waals surface area contributed by atoms with Gasteiger partial charge in [-0.3, -0.25) is 9.59 Å². The predicted octanol–water partition coefficient (Wildman–Crippen LogP) is 2.73. The van der Waals surface area contributed by atoms with Crippen LogP contribution in [0.25, 0.3) is 0 Å². The van der Waals surface area contributed by atoms with Crippen LogP contribution in [0.1, 0.15) is 39.2 Å². The van der Waals surface area contributed by atoms with E-state index >= 15 is 0 Å². The number of ether oxygens (including phenoxy) is 1. The van der Waals surface area contributed by atoms with Gasteiger partial charge in [0.05, 0.1) is 6.61 Å². The summed E-state index contributed by atoms with van der Waals surface area (Å²) in [5.74, 6) is -0.287. The fourth-order valence-corrected chi connectivity index (χ4v) is 2.17. The molecule has 0 heterocycles. The number of amides is 1. The van der Waals surface area contributed by atoms with E-state index in [0.29, 0.717) is 19.4 Å². The van der Waals surface area contributed by atoms with E-state index in [-0.39, 0.29) is 18.5 Å². The minimum atomic E-state index is -0.977. The highest BCUT2D eigenvalue weighted by Gasteiger charge is 2.21. The van der Waals surface area contributed by atoms with Crippen molar-refractivity contribution in [3.05, 3.63) is 29.8 Å². The fourth-order valence-electron chi connectivity index (χ4n) is 2.17. The standard InChI is InChI=1S/C17H25NO4/c1-4-13(3)18(12-17(20)21)16(19)11-8-14-6-9-15(10-7-14)22-5-2/h6-7,9-10,13H,4-5,8,11-12H2,1-3H3,(H,20,21). The molecule has 1 rings (SSSR count). The highest BCUT2D eigenvalue weighted by atomic mass is 16.5. The third kappa shape index (κ3) is 5.76. The number of nitrogens with zero attached hydrogens (tertiary/aromatic N) is 1. The Morgan fingerprint density at radius 2 is 1.86 bits per heavy atom. The summed E-state index contributed by atoms with van der Waals surface area (Å²) in [6.45, 7) is 6.13. The molecule has 0 aliphatic heterocycles. The van der Waals surface area contributed by atoms with Crippen LogP contribution in [0.4, 0.5) is 0 Å². The van der Waals surface area contributed by atoms with E-state index in [0.717, 1.165) is 17.7 Å². The van der Waals surface area contributed by atoms with Crippen molar-refractivity contribution >= 4 is 11.9 Å². The molecule has 1 aromatic rings. The van der Waals surface area contributed by atoms with Crippen LogP contribution in [-0.2, 0) is 16.0 Å². The van der Waals surface area contributed by atoms with Crippen molar-refractivity contribution < 1.29 is 19.4 Å². The molecule has 5 heteroatoms. The summed E-state index contributed by atoms with van der Waals surface area (Å²) in [5, 5.41) is 8.94. The SMILES string of the molecule is CCOc1ccc(CCC(=O)N(CC(=O)O)C(C)CC)cc1. The number of rotatable bonds is 9. The fraction of sp³-hybridized carbons (Fsp3) is 0.529. The van der Waals surface area contributed by atoms with Crippen LogP contribution in [0.2, 0.25) is 0 Å². The average molecular weight is 307 g/mol. The van der Waals surface area contributed by atoms with Crippen LogP contribution in [0.3, 0.4) is 0 Å². The van der Waals surface area contributed by atoms with Crippen LogP contribution in [-0.4, -0.2) is 41.1 Å². The summed E-state index contributed by atoms with van der Waals surface area (Å²) in [6, 6.07) is 7.57. The molecule has 1 atom stereocenters. The maximum Gasteiger partial charge on any atom is 0.323 e. The molecule has 1 N–H and O–H groups in total. The van der Waals surface area contributed by atoms with Gasteiger partial charge in [0.25, 0.3) is 0 Å². The zero-order chi connectivity index (χ0) is 16.5. The van der Waals surface area contributed by atoms with Crippen LogP contribution >= 0.6 is 0 Å². The van der Waals surface area contributed by atoms with Gasteiger partial charge in [-0.1, -0.05) is 19.1 Å². The first kappa shape index (κ1) is 18.0. The molecule has 0 fully saturated rings. The lowest BCUT2D eigenvalue weighted by molar-refractivity contribution is -0.146. The number of aliphatic carboxylic acids is 1. The zero-order valence-corrected chi connectivity index (χ0v) is 13.5. The van der Waals surface area contributed by atoms with Gasteiger partial charge in [-0.15, -0.1) is 0 Å². The van der Waals surface area contributed by atoms with Crippen LogP contribution in [0.5, 0.6) is 5.75 Å². The molecule has 1 unspecified atom stereocenters. The van der Waals surface area contributed by atoms with Crippen molar-refractivity contribution in [1.82, 2.24) is 4.90 Å². The van der Waals surface area contributed by atoms with Crippen molar-refractivity contribution in [2.45, 2.75) is 46.1 Å².